The van der Waals surface area contributed by atoms with E-state index < -0.39 is 0 Å². The maximum atomic E-state index is 4.95. The molecule has 0 unspecified atom stereocenters. The molecule has 6 nitrogen and oxygen atoms in total. The van der Waals surface area contributed by atoms with E-state index in [-0.39, 0.29) is 5.41 Å². The molecular weight excluding hydrogens is 677 g/mol. The van der Waals surface area contributed by atoms with E-state index in [4.69, 9.17) is 29.9 Å². The molecule has 0 bridgehead atoms. The third-order valence-electron chi connectivity index (χ3n) is 9.92. The first kappa shape index (κ1) is 32.2. The molecule has 1 aliphatic carbocycles. The normalized spacial score (nSPS) is 13.9. The molecule has 1 aliphatic rings. The van der Waals surface area contributed by atoms with Gasteiger partial charge in [-0.3, -0.25) is 0 Å². The standard InChI is InChI=1S/C44H34N6S2/c1-4-12-30(13-5-1)38-45-40(49-42(47-38)36-16-10-28-51-36)32-18-22-34(23-19-32)44(26-8-3-9-27-44)35-24-20-33(21-25-35)41-46-39(31-14-6-2-7-15-31)48-43(50-41)37-17-11-29-52-37/h1-2,4-7,10-25,28-29H,3,8-9,26-27H2. The Morgan fingerprint density at radius 3 is 1.08 bits per heavy atom. The van der Waals surface area contributed by atoms with Gasteiger partial charge in [0.05, 0.1) is 9.75 Å². The van der Waals surface area contributed by atoms with Crippen molar-refractivity contribution < 1.29 is 0 Å². The molecule has 9 rings (SSSR count). The zero-order valence-electron chi connectivity index (χ0n) is 28.4. The fraction of sp³-hybridized carbons (Fsp3) is 0.136. The summed E-state index contributed by atoms with van der Waals surface area (Å²) in [6.45, 7) is 0. The van der Waals surface area contributed by atoms with Crippen molar-refractivity contribution in [1.29, 1.82) is 0 Å². The lowest BCUT2D eigenvalue weighted by Gasteiger charge is -2.39. The second kappa shape index (κ2) is 14.1. The van der Waals surface area contributed by atoms with Gasteiger partial charge in [-0.25, -0.2) is 29.9 Å². The highest BCUT2D eigenvalue weighted by Crippen LogP contribution is 2.45. The highest BCUT2D eigenvalue weighted by molar-refractivity contribution is 7.13. The van der Waals surface area contributed by atoms with Crippen LogP contribution >= 0.6 is 22.7 Å². The summed E-state index contributed by atoms with van der Waals surface area (Å²) in [6.07, 6.45) is 5.85. The number of hydrogen-bond acceptors (Lipinski definition) is 8. The van der Waals surface area contributed by atoms with Crippen LogP contribution in [0.3, 0.4) is 0 Å². The molecule has 0 aliphatic heterocycles. The van der Waals surface area contributed by atoms with E-state index in [1.807, 2.05) is 72.8 Å². The first-order valence-electron chi connectivity index (χ1n) is 17.6. The summed E-state index contributed by atoms with van der Waals surface area (Å²) < 4.78 is 0. The topological polar surface area (TPSA) is 77.3 Å². The zero-order chi connectivity index (χ0) is 34.7. The summed E-state index contributed by atoms with van der Waals surface area (Å²) in [4.78, 5) is 31.6. The van der Waals surface area contributed by atoms with E-state index in [9.17, 15) is 0 Å². The lowest BCUT2D eigenvalue weighted by molar-refractivity contribution is 0.346. The minimum absolute atomic E-state index is 0.0812. The summed E-state index contributed by atoms with van der Waals surface area (Å²) in [5, 5.41) is 4.11. The molecule has 0 atom stereocenters. The molecule has 0 radical (unpaired) electrons. The van der Waals surface area contributed by atoms with Gasteiger partial charge in [-0.2, -0.15) is 0 Å². The third-order valence-corrected chi connectivity index (χ3v) is 11.6. The van der Waals surface area contributed by atoms with Crippen LogP contribution in [0.5, 0.6) is 0 Å². The Labute approximate surface area is 311 Å². The van der Waals surface area contributed by atoms with Crippen LogP contribution in [-0.2, 0) is 5.41 Å². The number of nitrogens with zero attached hydrogens (tertiary/aromatic N) is 6. The van der Waals surface area contributed by atoms with Crippen LogP contribution in [-0.4, -0.2) is 29.9 Å². The average molecular weight is 711 g/mol. The Morgan fingerprint density at radius 2 is 0.712 bits per heavy atom. The molecule has 4 aromatic carbocycles. The summed E-state index contributed by atoms with van der Waals surface area (Å²) >= 11 is 3.28. The highest BCUT2D eigenvalue weighted by Gasteiger charge is 2.36. The summed E-state index contributed by atoms with van der Waals surface area (Å²) in [6, 6.07) is 46.4. The van der Waals surface area contributed by atoms with E-state index in [0.29, 0.717) is 34.9 Å². The molecule has 4 aromatic heterocycles. The maximum Gasteiger partial charge on any atom is 0.174 e. The lowest BCUT2D eigenvalue weighted by Crippen LogP contribution is -2.30. The second-order valence-corrected chi connectivity index (χ2v) is 15.0. The number of thiophene rings is 2. The smallest absolute Gasteiger partial charge is 0.174 e. The summed E-state index contributed by atoms with van der Waals surface area (Å²) in [5.74, 6) is 4.11. The summed E-state index contributed by atoms with van der Waals surface area (Å²) in [7, 11) is 0. The van der Waals surface area contributed by atoms with Gasteiger partial charge in [0.2, 0.25) is 0 Å². The minimum Gasteiger partial charge on any atom is -0.208 e. The maximum absolute atomic E-state index is 4.95. The van der Waals surface area contributed by atoms with Crippen molar-refractivity contribution >= 4 is 22.7 Å². The van der Waals surface area contributed by atoms with Gasteiger partial charge in [0.1, 0.15) is 0 Å². The Kier molecular flexibility index (Phi) is 8.76. The van der Waals surface area contributed by atoms with Crippen molar-refractivity contribution in [2.24, 2.45) is 0 Å². The van der Waals surface area contributed by atoms with Crippen LogP contribution in [0.15, 0.2) is 144 Å². The van der Waals surface area contributed by atoms with Crippen LogP contribution < -0.4 is 0 Å². The van der Waals surface area contributed by atoms with Crippen molar-refractivity contribution in [3.05, 3.63) is 155 Å². The number of aromatic nitrogens is 6. The fourth-order valence-corrected chi connectivity index (χ4v) is 8.57. The summed E-state index contributed by atoms with van der Waals surface area (Å²) in [5.41, 5.74) is 6.48. The van der Waals surface area contributed by atoms with Crippen LogP contribution in [0.25, 0.3) is 67.0 Å². The van der Waals surface area contributed by atoms with E-state index in [2.05, 4.69) is 71.4 Å². The molecule has 0 N–H and O–H groups in total. The van der Waals surface area contributed by atoms with Crippen molar-refractivity contribution in [1.82, 2.24) is 29.9 Å². The Hall–Kier alpha value is -5.70. The quantitative estimate of drug-likeness (QED) is 0.156. The van der Waals surface area contributed by atoms with E-state index >= 15 is 0 Å². The predicted octanol–water partition coefficient (Wildman–Crippen LogP) is 11.4. The van der Waals surface area contributed by atoms with Gasteiger partial charge in [-0.05, 0) is 46.9 Å². The average Bonchev–Trinajstić information content (AvgIpc) is 3.98. The molecule has 8 aromatic rings. The Bertz CT molecular complexity index is 2240. The minimum atomic E-state index is -0.0812. The SMILES string of the molecule is c1ccc(-c2nc(-c3ccc(C4(c5ccc(-c6nc(-c7ccccc7)nc(-c7cccs7)n6)cc5)CCCCC4)cc3)nc(-c3cccs3)n2)cc1. The number of benzene rings is 4. The fourth-order valence-electron chi connectivity index (χ4n) is 7.25. The van der Waals surface area contributed by atoms with Crippen molar-refractivity contribution in [2.75, 3.05) is 0 Å². The first-order valence-corrected chi connectivity index (χ1v) is 19.4. The molecule has 252 valence electrons. The molecule has 8 heteroatoms. The Morgan fingerprint density at radius 1 is 0.346 bits per heavy atom. The van der Waals surface area contributed by atoms with Gasteiger partial charge in [0, 0.05) is 27.7 Å². The number of rotatable bonds is 8. The van der Waals surface area contributed by atoms with Gasteiger partial charge in [-0.15, -0.1) is 22.7 Å². The van der Waals surface area contributed by atoms with Gasteiger partial charge in [-0.1, -0.05) is 141 Å². The van der Waals surface area contributed by atoms with Crippen molar-refractivity contribution in [3.63, 3.8) is 0 Å². The molecule has 0 saturated heterocycles. The van der Waals surface area contributed by atoms with Crippen molar-refractivity contribution in [2.45, 2.75) is 37.5 Å². The first-order chi connectivity index (χ1) is 25.7. The molecule has 0 spiro atoms. The van der Waals surface area contributed by atoms with E-state index in [1.54, 1.807) is 22.7 Å². The van der Waals surface area contributed by atoms with Crippen LogP contribution in [0, 0.1) is 0 Å². The molecule has 4 heterocycles. The van der Waals surface area contributed by atoms with E-state index in [1.165, 1.54) is 30.4 Å². The largest absolute Gasteiger partial charge is 0.208 e. The van der Waals surface area contributed by atoms with Crippen LogP contribution in [0.1, 0.15) is 43.2 Å². The third kappa shape index (κ3) is 6.36. The van der Waals surface area contributed by atoms with Gasteiger partial charge in [0.25, 0.3) is 0 Å². The monoisotopic (exact) mass is 710 g/mol. The predicted molar refractivity (Wildman–Crippen MR) is 212 cm³/mol. The molecular formula is C44H34N6S2. The van der Waals surface area contributed by atoms with Crippen LogP contribution in [0.2, 0.25) is 0 Å². The van der Waals surface area contributed by atoms with Crippen LogP contribution in [0.4, 0.5) is 0 Å². The highest BCUT2D eigenvalue weighted by atomic mass is 32.1. The number of hydrogen-bond donors (Lipinski definition) is 0. The second-order valence-electron chi connectivity index (χ2n) is 13.1. The van der Waals surface area contributed by atoms with Gasteiger partial charge < -0.3 is 0 Å². The van der Waals surface area contributed by atoms with E-state index in [0.717, 1.165) is 44.8 Å². The lowest BCUT2D eigenvalue weighted by atomic mass is 9.65. The molecule has 0 amide bonds. The zero-order valence-corrected chi connectivity index (χ0v) is 30.0. The molecule has 1 saturated carbocycles. The molecule has 52 heavy (non-hydrogen) atoms. The van der Waals surface area contributed by atoms with Gasteiger partial charge in [0.15, 0.2) is 34.9 Å². The Balaban J connectivity index is 1.07. The molecule has 1 fully saturated rings. The van der Waals surface area contributed by atoms with Crippen molar-refractivity contribution in [3.8, 4) is 67.0 Å². The van der Waals surface area contributed by atoms with Gasteiger partial charge >= 0.3 is 0 Å².